The molecule has 3 rings (SSSR count). The van der Waals surface area contributed by atoms with Gasteiger partial charge >= 0.3 is 5.97 Å². The highest BCUT2D eigenvalue weighted by molar-refractivity contribution is 5.91. The molecular weight excluding hydrogens is 316 g/mol. The number of carboxylic acid groups (broad SMARTS) is 1. The maximum atomic E-state index is 11.5. The van der Waals surface area contributed by atoms with Crippen LogP contribution in [-0.4, -0.2) is 20.5 Å². The highest BCUT2D eigenvalue weighted by Crippen LogP contribution is 2.27. The van der Waals surface area contributed by atoms with Gasteiger partial charge in [0.25, 0.3) is 0 Å². The van der Waals surface area contributed by atoms with Crippen molar-refractivity contribution in [2.75, 3.05) is 0 Å². The summed E-state index contributed by atoms with van der Waals surface area (Å²) in [5, 5.41) is 17.7. The van der Waals surface area contributed by atoms with Crippen molar-refractivity contribution in [2.24, 2.45) is 10.2 Å². The number of nitrogens with zero attached hydrogens (tertiary/aromatic N) is 4. The van der Waals surface area contributed by atoms with Crippen molar-refractivity contribution in [3.8, 4) is 0 Å². The Morgan fingerprint density at radius 3 is 2.36 bits per heavy atom. The smallest absolute Gasteiger partial charge is 0.358 e. The van der Waals surface area contributed by atoms with Gasteiger partial charge < -0.3 is 5.11 Å². The second-order valence-electron chi connectivity index (χ2n) is 7.02. The molecule has 0 spiro atoms. The molecule has 3 aromatic rings. The number of rotatable bonds is 3. The van der Waals surface area contributed by atoms with Crippen LogP contribution in [-0.2, 0) is 5.41 Å². The fraction of sp³-hybridized carbons (Fsp3) is 0.263. The van der Waals surface area contributed by atoms with Crippen LogP contribution in [0.15, 0.2) is 52.8 Å². The summed E-state index contributed by atoms with van der Waals surface area (Å²) in [7, 11) is 0. The molecule has 6 heteroatoms. The lowest BCUT2D eigenvalue weighted by atomic mass is 9.87. The van der Waals surface area contributed by atoms with E-state index < -0.39 is 5.97 Å². The molecule has 128 valence electrons. The van der Waals surface area contributed by atoms with Gasteiger partial charge in [0.05, 0.1) is 5.69 Å². The lowest BCUT2D eigenvalue weighted by Crippen LogP contribution is -2.10. The van der Waals surface area contributed by atoms with Crippen LogP contribution in [0.2, 0.25) is 0 Å². The van der Waals surface area contributed by atoms with Gasteiger partial charge in [0.1, 0.15) is 5.65 Å². The van der Waals surface area contributed by atoms with E-state index in [2.05, 4.69) is 36.0 Å². The summed E-state index contributed by atoms with van der Waals surface area (Å²) in [6.45, 7) is 8.35. The van der Waals surface area contributed by atoms with Gasteiger partial charge in [-0.25, -0.2) is 9.78 Å². The number of benzene rings is 1. The average molecular weight is 336 g/mol. The topological polar surface area (TPSA) is 79.3 Å². The monoisotopic (exact) mass is 336 g/mol. The number of azo groups is 1. The van der Waals surface area contributed by atoms with Crippen molar-refractivity contribution >= 4 is 23.1 Å². The number of aromatic nitrogens is 2. The molecule has 6 nitrogen and oxygen atoms in total. The van der Waals surface area contributed by atoms with E-state index in [0.29, 0.717) is 11.3 Å². The summed E-state index contributed by atoms with van der Waals surface area (Å²) < 4.78 is 1.64. The fourth-order valence-corrected chi connectivity index (χ4v) is 2.51. The third-order valence-electron chi connectivity index (χ3n) is 3.94. The predicted octanol–water partition coefficient (Wildman–Crippen LogP) is 5.05. The van der Waals surface area contributed by atoms with Crippen LogP contribution in [0.25, 0.3) is 5.65 Å². The molecule has 0 saturated heterocycles. The molecule has 0 amide bonds. The van der Waals surface area contributed by atoms with E-state index in [1.165, 1.54) is 5.56 Å². The standard InChI is InChI=1S/C19H20N4O2/c1-12-5-10-15-20-16(18(24)25)17(23(15)11-12)22-21-14-8-6-13(7-9-14)19(2,3)4/h5-11H,1-4H3,(H,24,25). The number of pyridine rings is 1. The molecular formula is C19H20N4O2. The number of hydrogen-bond donors (Lipinski definition) is 1. The first-order valence-electron chi connectivity index (χ1n) is 8.00. The molecule has 0 aliphatic carbocycles. The Kier molecular flexibility index (Phi) is 4.12. The third-order valence-corrected chi connectivity index (χ3v) is 3.94. The molecule has 0 saturated carbocycles. The van der Waals surface area contributed by atoms with Crippen LogP contribution in [0.5, 0.6) is 0 Å². The van der Waals surface area contributed by atoms with Crippen LogP contribution in [0.3, 0.4) is 0 Å². The lowest BCUT2D eigenvalue weighted by Gasteiger charge is -2.18. The number of aryl methyl sites for hydroxylation is 1. The van der Waals surface area contributed by atoms with Gasteiger partial charge in [-0.3, -0.25) is 4.40 Å². The van der Waals surface area contributed by atoms with Gasteiger partial charge in [0.2, 0.25) is 0 Å². The van der Waals surface area contributed by atoms with E-state index in [4.69, 9.17) is 0 Å². The molecule has 25 heavy (non-hydrogen) atoms. The minimum atomic E-state index is -1.13. The molecule has 0 atom stereocenters. The summed E-state index contributed by atoms with van der Waals surface area (Å²) in [4.78, 5) is 15.6. The van der Waals surface area contributed by atoms with Gasteiger partial charge in [0, 0.05) is 6.20 Å². The van der Waals surface area contributed by atoms with Gasteiger partial charge in [0.15, 0.2) is 11.5 Å². The fourth-order valence-electron chi connectivity index (χ4n) is 2.51. The minimum Gasteiger partial charge on any atom is -0.476 e. The van der Waals surface area contributed by atoms with Gasteiger partial charge in [-0.15, -0.1) is 10.2 Å². The van der Waals surface area contributed by atoms with Crippen LogP contribution >= 0.6 is 0 Å². The van der Waals surface area contributed by atoms with Crippen molar-refractivity contribution < 1.29 is 9.90 Å². The van der Waals surface area contributed by atoms with Crippen molar-refractivity contribution in [1.82, 2.24) is 9.38 Å². The second kappa shape index (κ2) is 6.12. The Hall–Kier alpha value is -3.02. The Bertz CT molecular complexity index is 963. The molecule has 2 aromatic heterocycles. The zero-order valence-corrected chi connectivity index (χ0v) is 14.7. The van der Waals surface area contributed by atoms with Gasteiger partial charge in [-0.2, -0.15) is 0 Å². The number of carbonyl (C=O) groups is 1. The van der Waals surface area contributed by atoms with E-state index in [0.717, 1.165) is 5.56 Å². The first kappa shape index (κ1) is 16.8. The predicted molar refractivity (Wildman–Crippen MR) is 96.2 cm³/mol. The van der Waals surface area contributed by atoms with Crippen molar-refractivity contribution in [3.05, 3.63) is 59.4 Å². The molecule has 0 radical (unpaired) electrons. The highest BCUT2D eigenvalue weighted by atomic mass is 16.4. The van der Waals surface area contributed by atoms with E-state index in [-0.39, 0.29) is 16.9 Å². The summed E-state index contributed by atoms with van der Waals surface area (Å²) >= 11 is 0. The van der Waals surface area contributed by atoms with Crippen LogP contribution in [0, 0.1) is 6.92 Å². The quantitative estimate of drug-likeness (QED) is 0.679. The molecule has 0 unspecified atom stereocenters. The molecule has 1 N–H and O–H groups in total. The highest BCUT2D eigenvalue weighted by Gasteiger charge is 2.18. The van der Waals surface area contributed by atoms with Gasteiger partial charge in [-0.1, -0.05) is 39.0 Å². The van der Waals surface area contributed by atoms with Crippen molar-refractivity contribution in [2.45, 2.75) is 33.1 Å². The summed E-state index contributed by atoms with van der Waals surface area (Å²) in [6.07, 6.45) is 1.80. The van der Waals surface area contributed by atoms with Crippen molar-refractivity contribution in [3.63, 3.8) is 0 Å². The summed E-state index contributed by atoms with van der Waals surface area (Å²) in [5.41, 5.74) is 3.31. The molecule has 0 bridgehead atoms. The zero-order valence-electron chi connectivity index (χ0n) is 14.7. The number of hydrogen-bond acceptors (Lipinski definition) is 4. The van der Waals surface area contributed by atoms with E-state index >= 15 is 0 Å². The molecule has 0 aliphatic heterocycles. The van der Waals surface area contributed by atoms with E-state index in [9.17, 15) is 9.90 Å². The average Bonchev–Trinajstić information content (AvgIpc) is 2.90. The first-order valence-corrected chi connectivity index (χ1v) is 8.00. The maximum Gasteiger partial charge on any atom is 0.358 e. The van der Waals surface area contributed by atoms with Crippen LogP contribution in [0.4, 0.5) is 11.5 Å². The van der Waals surface area contributed by atoms with Crippen LogP contribution in [0.1, 0.15) is 42.4 Å². The molecule has 0 aliphatic rings. The number of aromatic carboxylic acids is 1. The Morgan fingerprint density at radius 1 is 1.08 bits per heavy atom. The Labute approximate surface area is 145 Å². The molecule has 2 heterocycles. The number of carboxylic acids is 1. The van der Waals surface area contributed by atoms with E-state index in [1.54, 1.807) is 16.7 Å². The first-order chi connectivity index (χ1) is 11.8. The Balaban J connectivity index is 2.02. The summed E-state index contributed by atoms with van der Waals surface area (Å²) in [5.74, 6) is -0.913. The van der Waals surface area contributed by atoms with Crippen molar-refractivity contribution in [1.29, 1.82) is 0 Å². The lowest BCUT2D eigenvalue weighted by molar-refractivity contribution is 0.0692. The number of imidazole rings is 1. The molecule has 1 aromatic carbocycles. The maximum absolute atomic E-state index is 11.5. The van der Waals surface area contributed by atoms with E-state index in [1.807, 2.05) is 37.3 Å². The zero-order chi connectivity index (χ0) is 18.2. The minimum absolute atomic E-state index is 0.0608. The normalized spacial score (nSPS) is 12.2. The number of fused-ring (bicyclic) bond motifs is 1. The second-order valence-corrected chi connectivity index (χ2v) is 7.02. The largest absolute Gasteiger partial charge is 0.476 e. The SMILES string of the molecule is Cc1ccc2nc(C(=O)O)c(N=Nc3ccc(C(C)(C)C)cc3)n2c1. The Morgan fingerprint density at radius 2 is 1.76 bits per heavy atom. The van der Waals surface area contributed by atoms with Crippen LogP contribution < -0.4 is 0 Å². The third kappa shape index (κ3) is 3.42. The molecule has 0 fully saturated rings. The summed E-state index contributed by atoms with van der Waals surface area (Å²) in [6, 6.07) is 11.4. The van der Waals surface area contributed by atoms with Gasteiger partial charge in [-0.05, 0) is 41.7 Å².